The molecule has 0 saturated heterocycles. The minimum absolute atomic E-state index is 0.918. The van der Waals surface area contributed by atoms with E-state index in [4.69, 9.17) is 9.98 Å². The van der Waals surface area contributed by atoms with Crippen molar-refractivity contribution in [1.29, 1.82) is 0 Å². The predicted octanol–water partition coefficient (Wildman–Crippen LogP) is 6.49. The summed E-state index contributed by atoms with van der Waals surface area (Å²) in [5, 5.41) is 9.08. The van der Waals surface area contributed by atoms with E-state index >= 15 is 0 Å². The van der Waals surface area contributed by atoms with E-state index in [1.54, 1.807) is 0 Å². The molecular formula is C28H18N2. The van der Waals surface area contributed by atoms with Gasteiger partial charge in [-0.25, -0.2) is 9.98 Å². The molecule has 2 heteroatoms. The van der Waals surface area contributed by atoms with Crippen LogP contribution < -0.4 is 10.7 Å². The van der Waals surface area contributed by atoms with Crippen molar-refractivity contribution >= 4 is 43.7 Å². The van der Waals surface area contributed by atoms with E-state index in [-0.39, 0.29) is 0 Å². The Morgan fingerprint density at radius 3 is 1.23 bits per heavy atom. The molecule has 0 N–H and O–H groups in total. The monoisotopic (exact) mass is 382 g/mol. The lowest BCUT2D eigenvalue weighted by Gasteiger charge is -2.12. The fraction of sp³-hybridized carbons (Fsp3) is 0. The third-order valence-electron chi connectivity index (χ3n) is 5.61. The molecule has 0 bridgehead atoms. The molecule has 0 saturated carbocycles. The van der Waals surface area contributed by atoms with Gasteiger partial charge in [0.25, 0.3) is 0 Å². The summed E-state index contributed by atoms with van der Waals surface area (Å²) in [6.45, 7) is 0. The average molecular weight is 382 g/mol. The van der Waals surface area contributed by atoms with Gasteiger partial charge in [0.2, 0.25) is 0 Å². The molecular weight excluding hydrogens is 364 g/mol. The summed E-state index contributed by atoms with van der Waals surface area (Å²) >= 11 is 0. The lowest BCUT2D eigenvalue weighted by Crippen LogP contribution is -2.27. The fourth-order valence-electron chi connectivity index (χ4n) is 4.30. The highest BCUT2D eigenvalue weighted by atomic mass is 14.8. The van der Waals surface area contributed by atoms with Gasteiger partial charge >= 0.3 is 0 Å². The Morgan fingerprint density at radius 1 is 0.367 bits per heavy atom. The van der Waals surface area contributed by atoms with Gasteiger partial charge in [-0.2, -0.15) is 0 Å². The Hall–Kier alpha value is -4.04. The van der Waals surface area contributed by atoms with E-state index in [0.717, 1.165) is 32.9 Å². The van der Waals surface area contributed by atoms with Crippen molar-refractivity contribution < 1.29 is 0 Å². The van der Waals surface area contributed by atoms with Crippen LogP contribution in [0.2, 0.25) is 0 Å². The molecule has 0 aliphatic carbocycles. The Kier molecular flexibility index (Phi) is 3.82. The standard InChI is InChI=1S/C28H18N2/c1-3-11-21(12-4-1)29-27-23-15-7-9-19-17-18-20-10-8-16-24(26(20)25(19)23)28(27)30-22-13-5-2-6-14-22/h1-18H. The Bertz CT molecular complexity index is 1490. The first-order valence-electron chi connectivity index (χ1n) is 10.1. The molecule has 30 heavy (non-hydrogen) atoms. The smallest absolute Gasteiger partial charge is 0.0978 e. The largest absolute Gasteiger partial charge is 0.246 e. The summed E-state index contributed by atoms with van der Waals surface area (Å²) < 4.78 is 0. The molecule has 0 amide bonds. The average Bonchev–Trinajstić information content (AvgIpc) is 2.81. The van der Waals surface area contributed by atoms with Gasteiger partial charge in [0.05, 0.1) is 22.1 Å². The lowest BCUT2D eigenvalue weighted by atomic mass is 9.93. The predicted molar refractivity (Wildman–Crippen MR) is 125 cm³/mol. The molecule has 0 radical (unpaired) electrons. The fourth-order valence-corrected chi connectivity index (χ4v) is 4.30. The van der Waals surface area contributed by atoms with Crippen LogP contribution in [0.25, 0.3) is 32.3 Å². The molecule has 0 atom stereocenters. The van der Waals surface area contributed by atoms with Crippen LogP contribution >= 0.6 is 0 Å². The summed E-state index contributed by atoms with van der Waals surface area (Å²) in [6, 6.07) is 37.5. The van der Waals surface area contributed by atoms with E-state index in [2.05, 4.69) is 48.5 Å². The summed E-state index contributed by atoms with van der Waals surface area (Å²) in [5.41, 5.74) is 1.86. The van der Waals surface area contributed by atoms with Gasteiger partial charge in [-0.05, 0) is 45.8 Å². The highest BCUT2D eigenvalue weighted by Gasteiger charge is 2.12. The quantitative estimate of drug-likeness (QED) is 0.306. The van der Waals surface area contributed by atoms with E-state index in [1.165, 1.54) is 21.5 Å². The number of nitrogens with zero attached hydrogens (tertiary/aromatic N) is 2. The Balaban J connectivity index is 1.91. The normalized spacial score (nSPS) is 13.1. The summed E-state index contributed by atoms with van der Waals surface area (Å²) in [4.78, 5) is 10.2. The molecule has 6 aromatic carbocycles. The number of para-hydroxylation sites is 2. The number of hydrogen-bond acceptors (Lipinski definition) is 2. The first-order valence-corrected chi connectivity index (χ1v) is 10.1. The van der Waals surface area contributed by atoms with Crippen molar-refractivity contribution in [2.75, 3.05) is 0 Å². The van der Waals surface area contributed by atoms with Gasteiger partial charge in [-0.15, -0.1) is 0 Å². The van der Waals surface area contributed by atoms with Crippen molar-refractivity contribution in [2.24, 2.45) is 9.98 Å². The van der Waals surface area contributed by atoms with E-state index in [1.807, 2.05) is 60.7 Å². The van der Waals surface area contributed by atoms with Gasteiger partial charge in [0, 0.05) is 10.8 Å². The van der Waals surface area contributed by atoms with E-state index in [0.29, 0.717) is 0 Å². The van der Waals surface area contributed by atoms with Crippen LogP contribution in [0, 0.1) is 0 Å². The minimum Gasteiger partial charge on any atom is -0.246 e. The highest BCUT2D eigenvalue weighted by Crippen LogP contribution is 2.31. The molecule has 6 rings (SSSR count). The van der Waals surface area contributed by atoms with Crippen molar-refractivity contribution in [3.63, 3.8) is 0 Å². The molecule has 0 aliphatic rings. The van der Waals surface area contributed by atoms with Gasteiger partial charge in [0.15, 0.2) is 0 Å². The van der Waals surface area contributed by atoms with Gasteiger partial charge in [0.1, 0.15) is 0 Å². The molecule has 0 aliphatic heterocycles. The molecule has 6 aromatic rings. The maximum Gasteiger partial charge on any atom is 0.0978 e. The molecule has 0 unspecified atom stereocenters. The zero-order chi connectivity index (χ0) is 19.9. The molecule has 0 heterocycles. The van der Waals surface area contributed by atoms with Crippen molar-refractivity contribution in [3.05, 3.63) is 120 Å². The lowest BCUT2D eigenvalue weighted by molar-refractivity contribution is 1.27. The second-order valence-corrected chi connectivity index (χ2v) is 7.46. The van der Waals surface area contributed by atoms with Gasteiger partial charge in [-0.1, -0.05) is 84.9 Å². The summed E-state index contributed by atoms with van der Waals surface area (Å²) in [6.07, 6.45) is 0. The zero-order valence-corrected chi connectivity index (χ0v) is 16.3. The van der Waals surface area contributed by atoms with Crippen molar-refractivity contribution in [2.45, 2.75) is 0 Å². The van der Waals surface area contributed by atoms with Crippen molar-refractivity contribution in [3.8, 4) is 0 Å². The van der Waals surface area contributed by atoms with Crippen LogP contribution in [0.5, 0.6) is 0 Å². The summed E-state index contributed by atoms with van der Waals surface area (Å²) in [7, 11) is 0. The van der Waals surface area contributed by atoms with Crippen molar-refractivity contribution in [1.82, 2.24) is 0 Å². The molecule has 0 spiro atoms. The van der Waals surface area contributed by atoms with Crippen LogP contribution in [0.1, 0.15) is 0 Å². The van der Waals surface area contributed by atoms with Crippen LogP contribution in [0.3, 0.4) is 0 Å². The Labute approximate surface area is 173 Å². The maximum absolute atomic E-state index is 5.09. The third kappa shape index (κ3) is 2.66. The summed E-state index contributed by atoms with van der Waals surface area (Å²) in [5.74, 6) is 0. The SMILES string of the molecule is c1ccc(N=c2c(=Nc3ccccc3)c3cccc4ccc5cccc2c5c43)cc1. The molecule has 0 fully saturated rings. The first kappa shape index (κ1) is 16.9. The van der Waals surface area contributed by atoms with Crippen LogP contribution in [0.4, 0.5) is 11.4 Å². The van der Waals surface area contributed by atoms with Gasteiger partial charge < -0.3 is 0 Å². The second kappa shape index (κ2) is 6.78. The van der Waals surface area contributed by atoms with Crippen LogP contribution in [-0.2, 0) is 0 Å². The second-order valence-electron chi connectivity index (χ2n) is 7.46. The van der Waals surface area contributed by atoms with E-state index in [9.17, 15) is 0 Å². The third-order valence-corrected chi connectivity index (χ3v) is 5.61. The molecule has 0 aromatic heterocycles. The van der Waals surface area contributed by atoms with E-state index < -0.39 is 0 Å². The zero-order valence-electron chi connectivity index (χ0n) is 16.3. The Morgan fingerprint density at radius 2 is 0.800 bits per heavy atom. The minimum atomic E-state index is 0.918. The van der Waals surface area contributed by atoms with Crippen LogP contribution in [0.15, 0.2) is 119 Å². The van der Waals surface area contributed by atoms with Crippen LogP contribution in [-0.4, -0.2) is 0 Å². The highest BCUT2D eigenvalue weighted by molar-refractivity contribution is 6.22. The van der Waals surface area contributed by atoms with Gasteiger partial charge in [-0.3, -0.25) is 0 Å². The number of rotatable bonds is 2. The number of hydrogen-bond donors (Lipinski definition) is 0. The molecule has 140 valence electrons. The topological polar surface area (TPSA) is 24.7 Å². The maximum atomic E-state index is 5.09. The molecule has 2 nitrogen and oxygen atoms in total. The number of benzene rings is 6. The first-order chi connectivity index (χ1) is 14.9.